The maximum atomic E-state index is 4.92. The number of rotatable bonds is 5. The van der Waals surface area contributed by atoms with Crippen LogP contribution in [0, 0.1) is 20.8 Å². The van der Waals surface area contributed by atoms with E-state index >= 15 is 0 Å². The number of aliphatic imine (C=N–C) groups is 1. The van der Waals surface area contributed by atoms with Gasteiger partial charge in [0.2, 0.25) is 0 Å². The van der Waals surface area contributed by atoms with Gasteiger partial charge in [-0.15, -0.1) is 0 Å². The van der Waals surface area contributed by atoms with Crippen LogP contribution in [0.5, 0.6) is 0 Å². The maximum Gasteiger partial charge on any atom is 0.194 e. The fraction of sp³-hybridized carbons (Fsp3) is 0.545. The van der Waals surface area contributed by atoms with Crippen LogP contribution >= 0.6 is 0 Å². The van der Waals surface area contributed by atoms with Crippen molar-refractivity contribution < 1.29 is 0 Å². The van der Waals surface area contributed by atoms with E-state index in [0.29, 0.717) is 6.54 Å². The fourth-order valence-electron chi connectivity index (χ4n) is 3.81. The lowest BCUT2D eigenvalue weighted by Crippen LogP contribution is -2.52. The molecule has 1 aromatic carbocycles. The molecule has 1 saturated heterocycles. The first-order valence-corrected chi connectivity index (χ1v) is 10.3. The van der Waals surface area contributed by atoms with Gasteiger partial charge in [0.1, 0.15) is 0 Å². The van der Waals surface area contributed by atoms with Gasteiger partial charge in [0.25, 0.3) is 0 Å². The molecule has 152 valence electrons. The summed E-state index contributed by atoms with van der Waals surface area (Å²) < 4.78 is 1.94. The molecule has 2 heterocycles. The average molecular weight is 383 g/mol. The number of benzene rings is 1. The van der Waals surface area contributed by atoms with Crippen molar-refractivity contribution in [3.8, 4) is 0 Å². The minimum absolute atomic E-state index is 0.678. The van der Waals surface area contributed by atoms with Gasteiger partial charge >= 0.3 is 0 Å². The molecule has 0 aliphatic carbocycles. The van der Waals surface area contributed by atoms with Crippen LogP contribution in [0.25, 0.3) is 0 Å². The van der Waals surface area contributed by atoms with Gasteiger partial charge in [0.15, 0.2) is 5.96 Å². The lowest BCUT2D eigenvalue weighted by Gasteiger charge is -2.36. The van der Waals surface area contributed by atoms with E-state index in [-0.39, 0.29) is 0 Å². The van der Waals surface area contributed by atoms with E-state index in [0.717, 1.165) is 50.9 Å². The minimum atomic E-state index is 0.678. The third-order valence-electron chi connectivity index (χ3n) is 5.54. The summed E-state index contributed by atoms with van der Waals surface area (Å²) >= 11 is 0. The summed E-state index contributed by atoms with van der Waals surface area (Å²) in [5, 5.41) is 7.98. The normalized spacial score (nSPS) is 15.9. The number of aryl methyl sites for hydroxylation is 3. The molecule has 1 fully saturated rings. The quantitative estimate of drug-likeness (QED) is 0.638. The predicted octanol–water partition coefficient (Wildman–Crippen LogP) is 2.63. The number of aromatic nitrogens is 2. The Hall–Kier alpha value is -2.34. The van der Waals surface area contributed by atoms with E-state index in [4.69, 9.17) is 4.99 Å². The van der Waals surface area contributed by atoms with Crippen LogP contribution in [0.15, 0.2) is 29.3 Å². The third-order valence-corrected chi connectivity index (χ3v) is 5.54. The molecule has 28 heavy (non-hydrogen) atoms. The van der Waals surface area contributed by atoms with E-state index < -0.39 is 0 Å². The van der Waals surface area contributed by atoms with Crippen molar-refractivity contribution in [3.05, 3.63) is 52.3 Å². The van der Waals surface area contributed by atoms with Crippen molar-refractivity contribution >= 4 is 5.96 Å². The molecule has 1 aliphatic heterocycles. The summed E-state index contributed by atoms with van der Waals surface area (Å²) in [5.74, 6) is 1.01. The highest BCUT2D eigenvalue weighted by atomic mass is 15.3. The summed E-state index contributed by atoms with van der Waals surface area (Å²) in [5.41, 5.74) is 6.23. The van der Waals surface area contributed by atoms with E-state index in [1.807, 2.05) is 11.7 Å². The molecule has 6 nitrogen and oxygen atoms in total. The second-order valence-corrected chi connectivity index (χ2v) is 7.70. The Morgan fingerprint density at radius 1 is 1.14 bits per heavy atom. The largest absolute Gasteiger partial charge is 0.357 e. The van der Waals surface area contributed by atoms with Gasteiger partial charge < -0.3 is 10.2 Å². The van der Waals surface area contributed by atoms with Gasteiger partial charge in [-0.1, -0.05) is 29.8 Å². The molecule has 0 bridgehead atoms. The highest BCUT2D eigenvalue weighted by molar-refractivity contribution is 5.80. The summed E-state index contributed by atoms with van der Waals surface area (Å²) in [7, 11) is 1.99. The van der Waals surface area contributed by atoms with Gasteiger partial charge in [-0.2, -0.15) is 5.10 Å². The smallest absolute Gasteiger partial charge is 0.194 e. The number of guanidine groups is 1. The van der Waals surface area contributed by atoms with Crippen LogP contribution in [0.1, 0.15) is 35.0 Å². The van der Waals surface area contributed by atoms with Crippen LogP contribution in [-0.2, 0) is 20.1 Å². The van der Waals surface area contributed by atoms with Gasteiger partial charge in [-0.25, -0.2) is 4.99 Å². The second kappa shape index (κ2) is 9.24. The molecule has 1 aromatic heterocycles. The highest BCUT2D eigenvalue weighted by Crippen LogP contribution is 2.14. The molecular weight excluding hydrogens is 348 g/mol. The topological polar surface area (TPSA) is 48.7 Å². The van der Waals surface area contributed by atoms with Crippen molar-refractivity contribution in [2.45, 2.75) is 40.8 Å². The summed E-state index contributed by atoms with van der Waals surface area (Å²) in [6.07, 6.45) is 0. The van der Waals surface area contributed by atoms with Crippen molar-refractivity contribution in [3.63, 3.8) is 0 Å². The Morgan fingerprint density at radius 3 is 2.50 bits per heavy atom. The van der Waals surface area contributed by atoms with Crippen LogP contribution in [0.3, 0.4) is 0 Å². The Bertz CT molecular complexity index is 814. The lowest BCUT2D eigenvalue weighted by atomic mass is 10.1. The number of hydrogen-bond acceptors (Lipinski definition) is 3. The van der Waals surface area contributed by atoms with Crippen molar-refractivity contribution in [2.24, 2.45) is 12.0 Å². The monoisotopic (exact) mass is 382 g/mol. The summed E-state index contributed by atoms with van der Waals surface area (Å²) in [6.45, 7) is 15.2. The first-order chi connectivity index (χ1) is 13.5. The van der Waals surface area contributed by atoms with Gasteiger partial charge in [0, 0.05) is 57.6 Å². The molecular formula is C22H34N6. The van der Waals surface area contributed by atoms with E-state index in [2.05, 4.69) is 72.2 Å². The molecule has 0 amide bonds. The van der Waals surface area contributed by atoms with E-state index in [9.17, 15) is 0 Å². The van der Waals surface area contributed by atoms with Crippen molar-refractivity contribution in [1.29, 1.82) is 0 Å². The first kappa shape index (κ1) is 20.4. The molecule has 3 rings (SSSR count). The Balaban J connectivity index is 1.61. The second-order valence-electron chi connectivity index (χ2n) is 7.70. The zero-order valence-electron chi connectivity index (χ0n) is 18.0. The molecule has 1 N–H and O–H groups in total. The van der Waals surface area contributed by atoms with Gasteiger partial charge in [0.05, 0.1) is 12.2 Å². The molecule has 0 radical (unpaired) electrons. The molecule has 0 unspecified atom stereocenters. The standard InChI is InChI=1S/C22H34N6/c1-6-23-22(24-15-21-18(3)25-26(5)19(21)4)28-12-10-27(11-13-28)16-20-9-7-8-17(2)14-20/h7-9,14H,6,10-13,15-16H2,1-5H3,(H,23,24). The number of nitrogens with zero attached hydrogens (tertiary/aromatic N) is 5. The lowest BCUT2D eigenvalue weighted by molar-refractivity contribution is 0.172. The van der Waals surface area contributed by atoms with E-state index in [1.165, 1.54) is 22.4 Å². The van der Waals surface area contributed by atoms with Crippen LogP contribution in [0.2, 0.25) is 0 Å². The Kier molecular flexibility index (Phi) is 6.73. The van der Waals surface area contributed by atoms with Crippen LogP contribution < -0.4 is 5.32 Å². The zero-order chi connectivity index (χ0) is 20.1. The SMILES string of the molecule is CCNC(=NCc1c(C)nn(C)c1C)N1CCN(Cc2cccc(C)c2)CC1. The summed E-state index contributed by atoms with van der Waals surface area (Å²) in [6, 6.07) is 8.82. The highest BCUT2D eigenvalue weighted by Gasteiger charge is 2.20. The van der Waals surface area contributed by atoms with Gasteiger partial charge in [-0.3, -0.25) is 9.58 Å². The van der Waals surface area contributed by atoms with Crippen LogP contribution in [0.4, 0.5) is 0 Å². The number of nitrogens with one attached hydrogen (secondary N) is 1. The van der Waals surface area contributed by atoms with Crippen molar-refractivity contribution in [2.75, 3.05) is 32.7 Å². The fourth-order valence-corrected chi connectivity index (χ4v) is 3.81. The Labute approximate surface area is 169 Å². The Morgan fingerprint density at radius 2 is 1.89 bits per heavy atom. The molecule has 2 aromatic rings. The minimum Gasteiger partial charge on any atom is -0.357 e. The molecule has 1 aliphatic rings. The van der Waals surface area contributed by atoms with E-state index in [1.54, 1.807) is 0 Å². The molecule has 0 saturated carbocycles. The predicted molar refractivity (Wildman–Crippen MR) is 116 cm³/mol. The average Bonchev–Trinajstić information content (AvgIpc) is 2.91. The summed E-state index contributed by atoms with van der Waals surface area (Å²) in [4.78, 5) is 9.84. The van der Waals surface area contributed by atoms with Crippen molar-refractivity contribution in [1.82, 2.24) is 24.9 Å². The first-order valence-electron chi connectivity index (χ1n) is 10.3. The molecule has 0 atom stereocenters. The van der Waals surface area contributed by atoms with Crippen LogP contribution in [-0.4, -0.2) is 58.3 Å². The zero-order valence-corrected chi connectivity index (χ0v) is 18.0. The number of hydrogen-bond donors (Lipinski definition) is 1. The number of piperazine rings is 1. The van der Waals surface area contributed by atoms with Gasteiger partial charge in [-0.05, 0) is 33.3 Å². The maximum absolute atomic E-state index is 4.92. The molecule has 6 heteroatoms. The molecule has 0 spiro atoms. The third kappa shape index (κ3) is 4.93.